The molecule has 0 aliphatic carbocycles. The summed E-state index contributed by atoms with van der Waals surface area (Å²) in [5.41, 5.74) is 2.08. The molecule has 2 aromatic rings. The molecule has 0 radical (unpaired) electrons. The van der Waals surface area contributed by atoms with E-state index < -0.39 is 6.04 Å². The number of hydrogen-bond acceptors (Lipinski definition) is 4. The van der Waals surface area contributed by atoms with E-state index in [2.05, 4.69) is 12.2 Å². The Bertz CT molecular complexity index is 853. The van der Waals surface area contributed by atoms with Gasteiger partial charge in [0.2, 0.25) is 5.91 Å². The highest BCUT2D eigenvalue weighted by atomic mass is 16.5. The summed E-state index contributed by atoms with van der Waals surface area (Å²) in [6, 6.07) is 14.6. The summed E-state index contributed by atoms with van der Waals surface area (Å²) in [4.78, 5) is 27.7. The molecule has 1 N–H and O–H groups in total. The number of amides is 2. The van der Waals surface area contributed by atoms with Crippen molar-refractivity contribution in [1.29, 1.82) is 0 Å². The maximum absolute atomic E-state index is 13.2. The van der Waals surface area contributed by atoms with Crippen LogP contribution in [0.3, 0.4) is 0 Å². The number of para-hydroxylation sites is 2. The number of nitrogens with one attached hydrogen (secondary N) is 1. The normalized spacial score (nSPS) is 11.5. The van der Waals surface area contributed by atoms with E-state index in [1.807, 2.05) is 50.2 Å². The number of carbonyl (C=O) groups excluding carboxylic acids is 2. The fraction of sp³-hybridized carbons (Fsp3) is 0.440. The van der Waals surface area contributed by atoms with Gasteiger partial charge in [-0.2, -0.15) is 0 Å². The number of ether oxygens (including phenoxy) is 2. The molecule has 2 aromatic carbocycles. The van der Waals surface area contributed by atoms with Crippen LogP contribution in [0.1, 0.15) is 44.2 Å². The van der Waals surface area contributed by atoms with Crippen molar-refractivity contribution in [3.8, 4) is 11.5 Å². The lowest BCUT2D eigenvalue weighted by molar-refractivity contribution is -0.143. The Morgan fingerprint density at radius 3 is 2.45 bits per heavy atom. The van der Waals surface area contributed by atoms with E-state index in [-0.39, 0.29) is 18.4 Å². The number of unbranched alkanes of at least 4 members (excludes halogenated alkanes) is 1. The van der Waals surface area contributed by atoms with Crippen LogP contribution in [0.4, 0.5) is 0 Å². The number of benzene rings is 2. The van der Waals surface area contributed by atoms with Gasteiger partial charge in [0, 0.05) is 13.1 Å². The molecule has 168 valence electrons. The zero-order chi connectivity index (χ0) is 22.6. The predicted octanol–water partition coefficient (Wildman–Crippen LogP) is 4.11. The van der Waals surface area contributed by atoms with Crippen molar-refractivity contribution in [3.05, 3.63) is 59.7 Å². The van der Waals surface area contributed by atoms with Gasteiger partial charge in [-0.1, -0.05) is 62.2 Å². The van der Waals surface area contributed by atoms with Crippen molar-refractivity contribution < 1.29 is 19.1 Å². The zero-order valence-electron chi connectivity index (χ0n) is 19.0. The number of nitrogens with zero attached hydrogens (tertiary/aromatic N) is 1. The molecule has 0 aliphatic heterocycles. The zero-order valence-corrected chi connectivity index (χ0v) is 19.0. The summed E-state index contributed by atoms with van der Waals surface area (Å²) in [5.74, 6) is 0.679. The maximum atomic E-state index is 13.2. The first-order chi connectivity index (χ1) is 15.0. The molecule has 0 aliphatic rings. The van der Waals surface area contributed by atoms with Crippen LogP contribution in [0.15, 0.2) is 48.5 Å². The Kier molecular flexibility index (Phi) is 9.88. The molecule has 0 spiro atoms. The van der Waals surface area contributed by atoms with Gasteiger partial charge in [-0.15, -0.1) is 0 Å². The van der Waals surface area contributed by atoms with Gasteiger partial charge in [-0.05, 0) is 37.5 Å². The quantitative estimate of drug-likeness (QED) is 0.519. The summed E-state index contributed by atoms with van der Waals surface area (Å²) in [7, 11) is 1.56. The Labute approximate surface area is 185 Å². The second-order valence-corrected chi connectivity index (χ2v) is 7.52. The van der Waals surface area contributed by atoms with Gasteiger partial charge >= 0.3 is 0 Å². The SMILES string of the molecule is CCCCNC(=O)C(CC)N(Cc1cccc(C)c1)C(=O)COc1ccccc1OC. The molecular weight excluding hydrogens is 392 g/mol. The van der Waals surface area contributed by atoms with Crippen LogP contribution in [-0.2, 0) is 16.1 Å². The molecule has 0 fully saturated rings. The second kappa shape index (κ2) is 12.6. The van der Waals surface area contributed by atoms with Gasteiger partial charge < -0.3 is 19.7 Å². The highest BCUT2D eigenvalue weighted by Gasteiger charge is 2.29. The Balaban J connectivity index is 2.20. The third kappa shape index (κ3) is 7.31. The molecule has 2 rings (SSSR count). The van der Waals surface area contributed by atoms with Crippen LogP contribution in [0, 0.1) is 6.92 Å². The van der Waals surface area contributed by atoms with E-state index in [1.165, 1.54) is 0 Å². The van der Waals surface area contributed by atoms with Gasteiger partial charge in [-0.3, -0.25) is 9.59 Å². The molecule has 1 unspecified atom stereocenters. The van der Waals surface area contributed by atoms with Crippen LogP contribution in [0.25, 0.3) is 0 Å². The van der Waals surface area contributed by atoms with Crippen LogP contribution < -0.4 is 14.8 Å². The van der Waals surface area contributed by atoms with Crippen molar-refractivity contribution in [2.24, 2.45) is 0 Å². The summed E-state index contributed by atoms with van der Waals surface area (Å²) in [5, 5.41) is 2.97. The molecule has 31 heavy (non-hydrogen) atoms. The minimum absolute atomic E-state index is 0.130. The first-order valence-corrected chi connectivity index (χ1v) is 10.9. The molecule has 0 saturated heterocycles. The number of hydrogen-bond donors (Lipinski definition) is 1. The first kappa shape index (κ1) is 24.3. The van der Waals surface area contributed by atoms with Crippen LogP contribution in [-0.4, -0.2) is 43.0 Å². The van der Waals surface area contributed by atoms with E-state index in [1.54, 1.807) is 24.1 Å². The third-order valence-corrected chi connectivity index (χ3v) is 5.07. The molecule has 2 amide bonds. The molecule has 1 atom stereocenters. The van der Waals surface area contributed by atoms with Crippen molar-refractivity contribution >= 4 is 11.8 Å². The number of methoxy groups -OCH3 is 1. The molecular formula is C25H34N2O4. The minimum Gasteiger partial charge on any atom is -0.493 e. The van der Waals surface area contributed by atoms with Crippen LogP contribution in [0.2, 0.25) is 0 Å². The second-order valence-electron chi connectivity index (χ2n) is 7.52. The summed E-state index contributed by atoms with van der Waals surface area (Å²) in [6.45, 7) is 6.78. The van der Waals surface area contributed by atoms with Gasteiger partial charge in [0.1, 0.15) is 6.04 Å². The van der Waals surface area contributed by atoms with Crippen molar-refractivity contribution in [3.63, 3.8) is 0 Å². The largest absolute Gasteiger partial charge is 0.493 e. The maximum Gasteiger partial charge on any atom is 0.261 e. The molecule has 0 aromatic heterocycles. The summed E-state index contributed by atoms with van der Waals surface area (Å²) < 4.78 is 11.1. The summed E-state index contributed by atoms with van der Waals surface area (Å²) in [6.07, 6.45) is 2.42. The topological polar surface area (TPSA) is 67.9 Å². The molecule has 6 nitrogen and oxygen atoms in total. The van der Waals surface area contributed by atoms with Gasteiger partial charge in [0.25, 0.3) is 5.91 Å². The van der Waals surface area contributed by atoms with E-state index in [0.717, 1.165) is 24.0 Å². The molecule has 0 saturated carbocycles. The molecule has 6 heteroatoms. The minimum atomic E-state index is -0.564. The molecule has 0 heterocycles. The third-order valence-electron chi connectivity index (χ3n) is 5.07. The van der Waals surface area contributed by atoms with Gasteiger partial charge in [0.15, 0.2) is 18.1 Å². The van der Waals surface area contributed by atoms with Crippen LogP contribution >= 0.6 is 0 Å². The van der Waals surface area contributed by atoms with Crippen molar-refractivity contribution in [2.45, 2.75) is 52.6 Å². The monoisotopic (exact) mass is 426 g/mol. The Morgan fingerprint density at radius 2 is 1.81 bits per heavy atom. The van der Waals surface area contributed by atoms with Crippen molar-refractivity contribution in [2.75, 3.05) is 20.3 Å². The lowest BCUT2D eigenvalue weighted by Crippen LogP contribution is -2.50. The van der Waals surface area contributed by atoms with E-state index in [0.29, 0.717) is 31.0 Å². The highest BCUT2D eigenvalue weighted by molar-refractivity contribution is 5.88. The lowest BCUT2D eigenvalue weighted by Gasteiger charge is -2.30. The highest BCUT2D eigenvalue weighted by Crippen LogP contribution is 2.26. The van der Waals surface area contributed by atoms with Crippen LogP contribution in [0.5, 0.6) is 11.5 Å². The number of aryl methyl sites for hydroxylation is 1. The van der Waals surface area contributed by atoms with Crippen molar-refractivity contribution in [1.82, 2.24) is 10.2 Å². The predicted molar refractivity (Wildman–Crippen MR) is 122 cm³/mol. The van der Waals surface area contributed by atoms with E-state index in [9.17, 15) is 9.59 Å². The standard InChI is InChI=1S/C25H34N2O4/c1-5-7-15-26-25(29)21(6-2)27(17-20-12-10-11-19(3)16-20)24(28)18-31-23-14-9-8-13-22(23)30-4/h8-14,16,21H,5-7,15,17-18H2,1-4H3,(H,26,29). The average Bonchev–Trinajstić information content (AvgIpc) is 2.77. The molecule has 0 bridgehead atoms. The summed E-state index contributed by atoms with van der Waals surface area (Å²) >= 11 is 0. The Hall–Kier alpha value is -3.02. The van der Waals surface area contributed by atoms with E-state index in [4.69, 9.17) is 9.47 Å². The van der Waals surface area contributed by atoms with Gasteiger partial charge in [-0.25, -0.2) is 0 Å². The van der Waals surface area contributed by atoms with Gasteiger partial charge in [0.05, 0.1) is 7.11 Å². The number of carbonyl (C=O) groups is 2. The lowest BCUT2D eigenvalue weighted by atomic mass is 10.1. The first-order valence-electron chi connectivity index (χ1n) is 10.9. The van der Waals surface area contributed by atoms with E-state index >= 15 is 0 Å². The fourth-order valence-corrected chi connectivity index (χ4v) is 3.39. The fourth-order valence-electron chi connectivity index (χ4n) is 3.39. The number of rotatable bonds is 12. The average molecular weight is 427 g/mol. The smallest absolute Gasteiger partial charge is 0.261 e. The Morgan fingerprint density at radius 1 is 1.06 bits per heavy atom.